The van der Waals surface area contributed by atoms with E-state index >= 15 is 0 Å². The molecule has 0 aliphatic heterocycles. The molecule has 26 heavy (non-hydrogen) atoms. The number of Topliss-reactive ketones (excluding diaryl/α,β-unsaturated/α-hetero) is 1. The fraction of sp³-hybridized carbons (Fsp3) is 0.727. The molecule has 4 aliphatic rings. The highest BCUT2D eigenvalue weighted by Crippen LogP contribution is 2.66. The highest BCUT2D eigenvalue weighted by molar-refractivity contribution is 9.09. The van der Waals surface area contributed by atoms with Crippen LogP contribution in [0.4, 0.5) is 0 Å². The second-order valence-corrected chi connectivity index (χ2v) is 10.0. The number of ketones is 2. The minimum absolute atomic E-state index is 0.0162. The van der Waals surface area contributed by atoms with Crippen molar-refractivity contribution >= 4 is 27.5 Å². The van der Waals surface area contributed by atoms with E-state index in [1.165, 1.54) is 11.1 Å². The summed E-state index contributed by atoms with van der Waals surface area (Å²) in [6, 6.07) is 0. The summed E-state index contributed by atoms with van der Waals surface area (Å²) in [6.07, 6.45) is 9.04. The third-order valence-corrected chi connectivity index (χ3v) is 8.90. The van der Waals surface area contributed by atoms with E-state index in [9.17, 15) is 14.7 Å². The largest absolute Gasteiger partial charge is 0.381 e. The van der Waals surface area contributed by atoms with Crippen molar-refractivity contribution in [1.82, 2.24) is 0 Å². The Hall–Kier alpha value is -0.740. The Kier molecular flexibility index (Phi) is 4.21. The van der Waals surface area contributed by atoms with Crippen molar-refractivity contribution < 1.29 is 14.7 Å². The van der Waals surface area contributed by atoms with Crippen LogP contribution in [-0.4, -0.2) is 27.6 Å². The van der Waals surface area contributed by atoms with Gasteiger partial charge in [0, 0.05) is 17.3 Å². The molecule has 0 spiro atoms. The minimum Gasteiger partial charge on any atom is -0.381 e. The second kappa shape index (κ2) is 5.88. The summed E-state index contributed by atoms with van der Waals surface area (Å²) in [4.78, 5) is 24.6. The number of aliphatic hydroxyl groups is 1. The zero-order valence-corrected chi connectivity index (χ0v) is 17.6. The number of hydrogen-bond donors (Lipinski definition) is 1. The van der Waals surface area contributed by atoms with Gasteiger partial charge in [0.25, 0.3) is 0 Å². The quantitative estimate of drug-likeness (QED) is 0.532. The van der Waals surface area contributed by atoms with Gasteiger partial charge in [0.2, 0.25) is 0 Å². The summed E-state index contributed by atoms with van der Waals surface area (Å²) in [5.41, 5.74) is 1.18. The maximum atomic E-state index is 12.6. The maximum Gasteiger partial charge on any atom is 0.175 e. The molecule has 0 saturated heterocycles. The topological polar surface area (TPSA) is 54.4 Å². The van der Waals surface area contributed by atoms with Gasteiger partial charge in [-0.15, -0.1) is 0 Å². The Morgan fingerprint density at radius 2 is 2.04 bits per heavy atom. The number of carbonyl (C=O) groups excluding carboxylic acids is 2. The van der Waals surface area contributed by atoms with Crippen LogP contribution in [0.3, 0.4) is 0 Å². The van der Waals surface area contributed by atoms with E-state index in [2.05, 4.69) is 42.8 Å². The van der Waals surface area contributed by atoms with E-state index in [0.29, 0.717) is 30.6 Å². The lowest BCUT2D eigenvalue weighted by Gasteiger charge is -2.56. The SMILES string of the molecule is CC1C[C@@H]2C(=CC[C@@]3(C)[C@H]2CC[C@]3(O)C(=O)CBr)[C@@]2(C)CCC(=O)C=C12. The summed E-state index contributed by atoms with van der Waals surface area (Å²) in [5, 5.41) is 11.6. The van der Waals surface area contributed by atoms with Gasteiger partial charge in [-0.3, -0.25) is 9.59 Å². The number of rotatable bonds is 2. The van der Waals surface area contributed by atoms with Gasteiger partial charge in [-0.25, -0.2) is 0 Å². The molecule has 0 aromatic heterocycles. The van der Waals surface area contributed by atoms with E-state index in [4.69, 9.17) is 0 Å². The molecule has 2 saturated carbocycles. The lowest BCUT2D eigenvalue weighted by Crippen LogP contribution is -2.55. The van der Waals surface area contributed by atoms with E-state index < -0.39 is 5.60 Å². The van der Waals surface area contributed by atoms with Crippen LogP contribution in [0.15, 0.2) is 23.3 Å². The molecule has 0 aromatic carbocycles. The molecule has 0 aromatic rings. The minimum atomic E-state index is -1.22. The number of carbonyl (C=O) groups is 2. The molecule has 1 N–H and O–H groups in total. The van der Waals surface area contributed by atoms with Gasteiger partial charge in [-0.1, -0.05) is 53.9 Å². The van der Waals surface area contributed by atoms with Gasteiger partial charge in [0.15, 0.2) is 11.6 Å². The smallest absolute Gasteiger partial charge is 0.175 e. The van der Waals surface area contributed by atoms with Crippen LogP contribution in [0.1, 0.15) is 59.3 Å². The average molecular weight is 421 g/mol. The highest BCUT2D eigenvalue weighted by Gasteiger charge is 2.64. The number of hydrogen-bond acceptors (Lipinski definition) is 3. The first kappa shape index (κ1) is 18.6. The molecule has 0 heterocycles. The summed E-state index contributed by atoms with van der Waals surface area (Å²) in [7, 11) is 0. The second-order valence-electron chi connectivity index (χ2n) is 9.48. The summed E-state index contributed by atoms with van der Waals surface area (Å²) < 4.78 is 0. The van der Waals surface area contributed by atoms with Crippen LogP contribution >= 0.6 is 15.9 Å². The fourth-order valence-electron chi connectivity index (χ4n) is 6.85. The molecule has 4 heteroatoms. The van der Waals surface area contributed by atoms with Gasteiger partial charge >= 0.3 is 0 Å². The van der Waals surface area contributed by atoms with Crippen molar-refractivity contribution in [3.63, 3.8) is 0 Å². The first-order chi connectivity index (χ1) is 12.2. The number of alkyl halides is 1. The van der Waals surface area contributed by atoms with Gasteiger partial charge in [0.1, 0.15) is 5.60 Å². The predicted molar refractivity (Wildman–Crippen MR) is 105 cm³/mol. The highest BCUT2D eigenvalue weighted by atomic mass is 79.9. The van der Waals surface area contributed by atoms with Gasteiger partial charge in [-0.05, 0) is 55.9 Å². The summed E-state index contributed by atoms with van der Waals surface area (Å²) >= 11 is 3.27. The van der Waals surface area contributed by atoms with Crippen LogP contribution < -0.4 is 0 Å². The Morgan fingerprint density at radius 3 is 2.73 bits per heavy atom. The third kappa shape index (κ3) is 2.21. The average Bonchev–Trinajstić information content (AvgIpc) is 2.88. The van der Waals surface area contributed by atoms with Crippen LogP contribution in [0, 0.1) is 28.6 Å². The lowest BCUT2D eigenvalue weighted by molar-refractivity contribution is -0.149. The maximum absolute atomic E-state index is 12.6. The number of allylic oxidation sites excluding steroid dienone is 4. The molecule has 142 valence electrons. The van der Waals surface area contributed by atoms with E-state index in [1.807, 2.05) is 6.08 Å². The lowest BCUT2D eigenvalue weighted by atomic mass is 9.49. The Labute approximate surface area is 164 Å². The van der Waals surface area contributed by atoms with Gasteiger partial charge in [0.05, 0.1) is 5.33 Å². The Morgan fingerprint density at radius 1 is 1.31 bits per heavy atom. The number of halogens is 1. The van der Waals surface area contributed by atoms with Gasteiger partial charge < -0.3 is 5.11 Å². The Balaban J connectivity index is 1.79. The molecular formula is C22H29BrO3. The molecule has 3 nitrogen and oxygen atoms in total. The normalized spacial score (nSPS) is 47.4. The molecule has 1 unspecified atom stereocenters. The van der Waals surface area contributed by atoms with Crippen molar-refractivity contribution in [1.29, 1.82) is 0 Å². The van der Waals surface area contributed by atoms with Crippen LogP contribution in [0.2, 0.25) is 0 Å². The first-order valence-corrected chi connectivity index (χ1v) is 11.1. The predicted octanol–water partition coefficient (Wildman–Crippen LogP) is 4.38. The molecule has 2 fully saturated rings. The molecular weight excluding hydrogens is 392 g/mol. The molecule has 0 amide bonds. The van der Waals surface area contributed by atoms with Crippen molar-refractivity contribution in [2.75, 3.05) is 5.33 Å². The third-order valence-electron chi connectivity index (χ3n) is 8.39. The zero-order valence-electron chi connectivity index (χ0n) is 16.0. The summed E-state index contributed by atoms with van der Waals surface area (Å²) in [5.74, 6) is 1.33. The van der Waals surface area contributed by atoms with Crippen LogP contribution in [0.25, 0.3) is 0 Å². The van der Waals surface area contributed by atoms with Crippen molar-refractivity contribution in [2.24, 2.45) is 28.6 Å². The van der Waals surface area contributed by atoms with Crippen molar-refractivity contribution in [3.8, 4) is 0 Å². The van der Waals surface area contributed by atoms with Crippen LogP contribution in [0.5, 0.6) is 0 Å². The molecule has 4 rings (SSSR count). The van der Waals surface area contributed by atoms with Crippen LogP contribution in [-0.2, 0) is 9.59 Å². The molecule has 0 bridgehead atoms. The van der Waals surface area contributed by atoms with Crippen molar-refractivity contribution in [2.45, 2.75) is 64.9 Å². The fourth-order valence-corrected chi connectivity index (χ4v) is 7.32. The standard InChI is InChI=1S/C22H29BrO3/c1-13-10-15-16(20(2)7-4-14(24)11-18(13)20)5-8-21(3)17(15)6-9-22(21,26)19(25)12-23/h5,11,13,15,17,26H,4,6-10,12H2,1-3H3/t13?,15-,17+,20-,21+,22+/m1/s1. The number of fused-ring (bicyclic) bond motifs is 5. The first-order valence-electron chi connectivity index (χ1n) is 9.94. The van der Waals surface area contributed by atoms with E-state index in [-0.39, 0.29) is 27.7 Å². The van der Waals surface area contributed by atoms with Crippen molar-refractivity contribution in [3.05, 3.63) is 23.3 Å². The zero-order chi connectivity index (χ0) is 18.9. The molecule has 4 aliphatic carbocycles. The van der Waals surface area contributed by atoms with E-state index in [0.717, 1.165) is 25.7 Å². The van der Waals surface area contributed by atoms with E-state index in [1.54, 1.807) is 0 Å². The summed E-state index contributed by atoms with van der Waals surface area (Å²) in [6.45, 7) is 6.69. The van der Waals surface area contributed by atoms with Gasteiger partial charge in [-0.2, -0.15) is 0 Å². The monoisotopic (exact) mass is 420 g/mol. The molecule has 0 radical (unpaired) electrons. The molecule has 6 atom stereocenters. The Bertz CT molecular complexity index is 738.